The van der Waals surface area contributed by atoms with Gasteiger partial charge in [0.25, 0.3) is 0 Å². The molecule has 0 saturated carbocycles. The van der Waals surface area contributed by atoms with Crippen LogP contribution in [-0.4, -0.2) is 11.4 Å². The number of hydrogen-bond acceptors (Lipinski definition) is 2. The second-order valence-corrected chi connectivity index (χ2v) is 6.22. The van der Waals surface area contributed by atoms with E-state index >= 15 is 0 Å². The van der Waals surface area contributed by atoms with Crippen LogP contribution in [-0.2, 0) is 10.3 Å². The molecule has 3 nitrogen and oxygen atoms in total. The number of hydrogen-bond donors (Lipinski definition) is 2. The van der Waals surface area contributed by atoms with Crippen molar-refractivity contribution in [3.63, 3.8) is 0 Å². The number of halogens is 1. The Kier molecular flexibility index (Phi) is 3.99. The Morgan fingerprint density at radius 2 is 1.65 bits per heavy atom. The van der Waals surface area contributed by atoms with Crippen molar-refractivity contribution in [2.75, 3.05) is 0 Å². The van der Waals surface area contributed by atoms with E-state index < -0.39 is 11.1 Å². The van der Waals surface area contributed by atoms with Crippen LogP contribution < -0.4 is 11.1 Å². The van der Waals surface area contributed by atoms with Gasteiger partial charge in [0.15, 0.2) is 0 Å². The summed E-state index contributed by atoms with van der Waals surface area (Å²) in [7, 11) is 0. The minimum absolute atomic E-state index is 0.162. The Labute approximate surface area is 111 Å². The molecule has 0 spiro atoms. The molecule has 3 N–H and O–H groups in total. The van der Waals surface area contributed by atoms with Crippen molar-refractivity contribution in [2.45, 2.75) is 38.8 Å². The first kappa shape index (κ1) is 14.2. The van der Waals surface area contributed by atoms with Crippen LogP contribution in [0.3, 0.4) is 0 Å². The van der Waals surface area contributed by atoms with Crippen molar-refractivity contribution in [1.29, 1.82) is 0 Å². The van der Waals surface area contributed by atoms with Gasteiger partial charge in [0.05, 0.1) is 11.1 Å². The van der Waals surface area contributed by atoms with Gasteiger partial charge in [-0.2, -0.15) is 0 Å². The van der Waals surface area contributed by atoms with Crippen molar-refractivity contribution >= 4 is 21.8 Å². The van der Waals surface area contributed by atoms with E-state index in [1.54, 1.807) is 13.8 Å². The van der Waals surface area contributed by atoms with Gasteiger partial charge in [-0.1, -0.05) is 28.1 Å². The van der Waals surface area contributed by atoms with Gasteiger partial charge in [-0.3, -0.25) is 4.79 Å². The fourth-order valence-corrected chi connectivity index (χ4v) is 1.65. The van der Waals surface area contributed by atoms with Crippen LogP contribution in [0.15, 0.2) is 28.7 Å². The van der Waals surface area contributed by atoms with Crippen LogP contribution in [0.25, 0.3) is 0 Å². The second-order valence-electron chi connectivity index (χ2n) is 5.31. The lowest BCUT2D eigenvalue weighted by Gasteiger charge is -2.30. The summed E-state index contributed by atoms with van der Waals surface area (Å²) < 4.78 is 1.02. The molecule has 4 heteroatoms. The maximum Gasteiger partial charge on any atom is 0.240 e. The Bertz CT molecular complexity index is 404. The molecule has 0 aromatic heterocycles. The van der Waals surface area contributed by atoms with E-state index in [4.69, 9.17) is 5.73 Å². The third-order valence-electron chi connectivity index (χ3n) is 2.58. The number of benzene rings is 1. The number of carbonyl (C=O) groups is 1. The summed E-state index contributed by atoms with van der Waals surface area (Å²) in [4.78, 5) is 11.9. The Hall–Kier alpha value is -0.870. The minimum atomic E-state index is -0.868. The highest BCUT2D eigenvalue weighted by molar-refractivity contribution is 9.10. The molecule has 1 rings (SSSR count). The maximum absolute atomic E-state index is 11.9. The van der Waals surface area contributed by atoms with Gasteiger partial charge in [-0.25, -0.2) is 0 Å². The predicted octanol–water partition coefficient (Wildman–Crippen LogP) is 2.54. The fourth-order valence-electron chi connectivity index (χ4n) is 1.38. The van der Waals surface area contributed by atoms with Gasteiger partial charge in [0, 0.05) is 4.47 Å². The highest BCUT2D eigenvalue weighted by Crippen LogP contribution is 2.22. The molecule has 17 heavy (non-hydrogen) atoms. The number of nitrogens with two attached hydrogens (primary N) is 1. The molecule has 0 aliphatic rings. The highest BCUT2D eigenvalue weighted by Gasteiger charge is 2.29. The average molecular weight is 299 g/mol. The molecule has 94 valence electrons. The molecule has 0 atom stereocenters. The zero-order valence-corrected chi connectivity index (χ0v) is 12.3. The zero-order valence-electron chi connectivity index (χ0n) is 10.7. The standard InChI is InChI=1S/C13H19BrN2O/c1-12(2,15)11(17)16-13(3,4)9-5-7-10(14)8-6-9/h5-8H,15H2,1-4H3,(H,16,17). The van der Waals surface area contributed by atoms with Gasteiger partial charge in [-0.05, 0) is 45.4 Å². The minimum Gasteiger partial charge on any atom is -0.346 e. The molecule has 0 heterocycles. The summed E-state index contributed by atoms with van der Waals surface area (Å²) in [6.45, 7) is 7.31. The summed E-state index contributed by atoms with van der Waals surface area (Å²) in [6, 6.07) is 7.87. The summed E-state index contributed by atoms with van der Waals surface area (Å²) in [5, 5.41) is 2.95. The van der Waals surface area contributed by atoms with E-state index in [2.05, 4.69) is 21.2 Å². The Morgan fingerprint density at radius 3 is 2.06 bits per heavy atom. The third kappa shape index (κ3) is 3.82. The van der Waals surface area contributed by atoms with Gasteiger partial charge in [0.2, 0.25) is 5.91 Å². The molecule has 0 fully saturated rings. The first-order chi connectivity index (χ1) is 7.63. The van der Waals surface area contributed by atoms with Crippen molar-refractivity contribution in [3.8, 4) is 0 Å². The van der Waals surface area contributed by atoms with Crippen LogP contribution in [0, 0.1) is 0 Å². The summed E-state index contributed by atoms with van der Waals surface area (Å²) in [5.41, 5.74) is 5.50. The smallest absolute Gasteiger partial charge is 0.240 e. The average Bonchev–Trinajstić information content (AvgIpc) is 2.16. The molecule has 0 aliphatic heterocycles. The Morgan fingerprint density at radius 1 is 1.18 bits per heavy atom. The largest absolute Gasteiger partial charge is 0.346 e. The van der Waals surface area contributed by atoms with Gasteiger partial charge >= 0.3 is 0 Å². The zero-order chi connectivity index (χ0) is 13.3. The van der Waals surface area contributed by atoms with E-state index in [1.807, 2.05) is 38.1 Å². The van der Waals surface area contributed by atoms with Crippen molar-refractivity contribution in [2.24, 2.45) is 5.73 Å². The number of carbonyl (C=O) groups excluding carboxylic acids is 1. The van der Waals surface area contributed by atoms with E-state index in [0.717, 1.165) is 10.0 Å². The predicted molar refractivity (Wildman–Crippen MR) is 73.6 cm³/mol. The van der Waals surface area contributed by atoms with Crippen LogP contribution in [0.1, 0.15) is 33.3 Å². The molecular weight excluding hydrogens is 280 g/mol. The molecule has 0 unspecified atom stereocenters. The molecule has 0 saturated heterocycles. The van der Waals surface area contributed by atoms with Crippen LogP contribution in [0.2, 0.25) is 0 Å². The lowest BCUT2D eigenvalue weighted by molar-refractivity contribution is -0.127. The van der Waals surface area contributed by atoms with Gasteiger partial charge < -0.3 is 11.1 Å². The molecule has 1 amide bonds. The monoisotopic (exact) mass is 298 g/mol. The Balaban J connectivity index is 2.89. The number of amides is 1. The van der Waals surface area contributed by atoms with Crippen LogP contribution in [0.5, 0.6) is 0 Å². The van der Waals surface area contributed by atoms with E-state index in [1.165, 1.54) is 0 Å². The van der Waals surface area contributed by atoms with E-state index in [0.29, 0.717) is 0 Å². The van der Waals surface area contributed by atoms with Gasteiger partial charge in [-0.15, -0.1) is 0 Å². The molecule has 0 radical (unpaired) electrons. The number of rotatable bonds is 3. The first-order valence-corrected chi connectivity index (χ1v) is 6.30. The third-order valence-corrected chi connectivity index (χ3v) is 3.11. The van der Waals surface area contributed by atoms with E-state index in [-0.39, 0.29) is 5.91 Å². The fraction of sp³-hybridized carbons (Fsp3) is 0.462. The lowest BCUT2D eigenvalue weighted by atomic mass is 9.92. The first-order valence-electron chi connectivity index (χ1n) is 5.50. The van der Waals surface area contributed by atoms with Crippen LogP contribution >= 0.6 is 15.9 Å². The summed E-state index contributed by atoms with van der Waals surface area (Å²) in [6.07, 6.45) is 0. The topological polar surface area (TPSA) is 55.1 Å². The molecular formula is C13H19BrN2O. The van der Waals surface area contributed by atoms with Gasteiger partial charge in [0.1, 0.15) is 0 Å². The molecule has 0 bridgehead atoms. The summed E-state index contributed by atoms with van der Waals surface area (Å²) in [5.74, 6) is -0.162. The highest BCUT2D eigenvalue weighted by atomic mass is 79.9. The van der Waals surface area contributed by atoms with Crippen LogP contribution in [0.4, 0.5) is 0 Å². The SMILES string of the molecule is CC(C)(N)C(=O)NC(C)(C)c1ccc(Br)cc1. The van der Waals surface area contributed by atoms with Crippen molar-refractivity contribution in [1.82, 2.24) is 5.32 Å². The second kappa shape index (κ2) is 4.78. The lowest BCUT2D eigenvalue weighted by Crippen LogP contribution is -2.54. The maximum atomic E-state index is 11.9. The molecule has 1 aromatic carbocycles. The quantitative estimate of drug-likeness (QED) is 0.901. The molecule has 1 aromatic rings. The van der Waals surface area contributed by atoms with E-state index in [9.17, 15) is 4.79 Å². The normalized spacial score (nSPS) is 12.4. The van der Waals surface area contributed by atoms with Crippen molar-refractivity contribution in [3.05, 3.63) is 34.3 Å². The summed E-state index contributed by atoms with van der Waals surface area (Å²) >= 11 is 3.39. The van der Waals surface area contributed by atoms with Crippen molar-refractivity contribution < 1.29 is 4.79 Å². The number of nitrogens with one attached hydrogen (secondary N) is 1. The molecule has 0 aliphatic carbocycles.